The Morgan fingerprint density at radius 3 is 2.95 bits per heavy atom. The van der Waals surface area contributed by atoms with E-state index in [0.29, 0.717) is 5.92 Å². The largest absolute Gasteiger partial charge is 0.316 e. The Bertz CT molecular complexity index is 373. The summed E-state index contributed by atoms with van der Waals surface area (Å²) < 4.78 is 12.9. The van der Waals surface area contributed by atoms with Crippen molar-refractivity contribution >= 4 is 0 Å². The molecule has 0 saturated carbocycles. The predicted molar refractivity (Wildman–Crippen MR) is 75.5 cm³/mol. The van der Waals surface area contributed by atoms with Crippen LogP contribution in [0, 0.1) is 11.7 Å². The number of halogens is 1. The Balaban J connectivity index is 1.97. The number of rotatable bonds is 5. The number of pyridine rings is 1. The molecule has 1 fully saturated rings. The molecule has 0 bridgehead atoms. The lowest BCUT2D eigenvalue weighted by Crippen LogP contribution is -2.38. The normalized spacial score (nSPS) is 21.6. The molecule has 1 N–H and O–H groups in total. The first-order chi connectivity index (χ1) is 9.20. The highest BCUT2D eigenvalue weighted by Gasteiger charge is 2.21. The Morgan fingerprint density at radius 1 is 1.53 bits per heavy atom. The molecule has 106 valence electrons. The summed E-state index contributed by atoms with van der Waals surface area (Å²) in [5.74, 6) is 0.450. The van der Waals surface area contributed by atoms with Crippen LogP contribution in [0.5, 0.6) is 0 Å². The Labute approximate surface area is 115 Å². The standard InChI is InChI=1S/C15H24FN3/c1-3-15(14-7-6-13(16)10-18-14)19(2)11-12-5-4-8-17-9-12/h6-7,10,12,15,17H,3-5,8-9,11H2,1-2H3. The van der Waals surface area contributed by atoms with Crippen molar-refractivity contribution in [3.8, 4) is 0 Å². The van der Waals surface area contributed by atoms with E-state index in [-0.39, 0.29) is 11.9 Å². The van der Waals surface area contributed by atoms with Gasteiger partial charge in [0.1, 0.15) is 5.82 Å². The van der Waals surface area contributed by atoms with E-state index >= 15 is 0 Å². The van der Waals surface area contributed by atoms with Crippen LogP contribution in [0.3, 0.4) is 0 Å². The highest BCUT2D eigenvalue weighted by molar-refractivity contribution is 5.10. The molecule has 2 heterocycles. The molecule has 1 aromatic rings. The SMILES string of the molecule is CCC(c1ccc(F)cn1)N(C)CC1CCCNC1. The molecule has 2 rings (SSSR count). The van der Waals surface area contributed by atoms with E-state index in [4.69, 9.17) is 0 Å². The van der Waals surface area contributed by atoms with Crippen molar-refractivity contribution in [2.24, 2.45) is 5.92 Å². The molecule has 0 spiro atoms. The second-order valence-electron chi connectivity index (χ2n) is 5.48. The number of piperidine rings is 1. The van der Waals surface area contributed by atoms with Gasteiger partial charge < -0.3 is 5.32 Å². The van der Waals surface area contributed by atoms with E-state index in [0.717, 1.165) is 31.7 Å². The molecule has 0 amide bonds. The molecule has 1 aliphatic heterocycles. The number of aromatic nitrogens is 1. The fourth-order valence-corrected chi connectivity index (χ4v) is 2.95. The van der Waals surface area contributed by atoms with Crippen LogP contribution < -0.4 is 5.32 Å². The van der Waals surface area contributed by atoms with Crippen LogP contribution >= 0.6 is 0 Å². The van der Waals surface area contributed by atoms with Crippen molar-refractivity contribution in [2.45, 2.75) is 32.2 Å². The summed E-state index contributed by atoms with van der Waals surface area (Å²) in [6.45, 7) is 5.49. The monoisotopic (exact) mass is 265 g/mol. The third-order valence-electron chi connectivity index (χ3n) is 3.96. The van der Waals surface area contributed by atoms with Gasteiger partial charge in [0.15, 0.2) is 0 Å². The van der Waals surface area contributed by atoms with Crippen LogP contribution in [0.25, 0.3) is 0 Å². The zero-order chi connectivity index (χ0) is 13.7. The maximum absolute atomic E-state index is 12.9. The third kappa shape index (κ3) is 3.98. The highest BCUT2D eigenvalue weighted by atomic mass is 19.1. The van der Waals surface area contributed by atoms with Gasteiger partial charge in [-0.15, -0.1) is 0 Å². The maximum Gasteiger partial charge on any atom is 0.141 e. The summed E-state index contributed by atoms with van der Waals surface area (Å²) in [6, 6.07) is 3.59. The fourth-order valence-electron chi connectivity index (χ4n) is 2.95. The van der Waals surface area contributed by atoms with Crippen molar-refractivity contribution in [1.29, 1.82) is 0 Å². The lowest BCUT2D eigenvalue weighted by atomic mass is 9.98. The van der Waals surface area contributed by atoms with Crippen LogP contribution in [-0.2, 0) is 0 Å². The fraction of sp³-hybridized carbons (Fsp3) is 0.667. The zero-order valence-electron chi connectivity index (χ0n) is 11.9. The Hall–Kier alpha value is -1.00. The number of nitrogens with one attached hydrogen (secondary N) is 1. The van der Waals surface area contributed by atoms with Gasteiger partial charge >= 0.3 is 0 Å². The summed E-state index contributed by atoms with van der Waals surface area (Å²) in [7, 11) is 2.15. The summed E-state index contributed by atoms with van der Waals surface area (Å²) in [4.78, 5) is 6.59. The average molecular weight is 265 g/mol. The van der Waals surface area contributed by atoms with Gasteiger partial charge in [-0.25, -0.2) is 4.39 Å². The van der Waals surface area contributed by atoms with Gasteiger partial charge in [-0.05, 0) is 57.5 Å². The minimum absolute atomic E-state index is 0.266. The van der Waals surface area contributed by atoms with Crippen molar-refractivity contribution in [3.63, 3.8) is 0 Å². The van der Waals surface area contributed by atoms with E-state index in [1.807, 2.05) is 0 Å². The summed E-state index contributed by atoms with van der Waals surface area (Å²) in [6.07, 6.45) is 4.87. The van der Waals surface area contributed by atoms with Crippen LogP contribution in [0.15, 0.2) is 18.3 Å². The van der Waals surface area contributed by atoms with E-state index in [9.17, 15) is 4.39 Å². The zero-order valence-corrected chi connectivity index (χ0v) is 11.9. The summed E-state index contributed by atoms with van der Waals surface area (Å²) in [5, 5.41) is 3.45. The Kier molecular flexibility index (Phi) is 5.28. The molecule has 3 nitrogen and oxygen atoms in total. The quantitative estimate of drug-likeness (QED) is 0.887. The van der Waals surface area contributed by atoms with Crippen LogP contribution in [-0.4, -0.2) is 36.6 Å². The first-order valence-corrected chi connectivity index (χ1v) is 7.23. The molecule has 1 saturated heterocycles. The van der Waals surface area contributed by atoms with Crippen molar-refractivity contribution < 1.29 is 4.39 Å². The lowest BCUT2D eigenvalue weighted by molar-refractivity contribution is 0.182. The molecule has 4 heteroatoms. The van der Waals surface area contributed by atoms with Crippen molar-refractivity contribution in [3.05, 3.63) is 29.8 Å². The number of hydrogen-bond donors (Lipinski definition) is 1. The molecular formula is C15H24FN3. The topological polar surface area (TPSA) is 28.2 Å². The van der Waals surface area contributed by atoms with E-state index in [2.05, 4.69) is 29.2 Å². The number of hydrogen-bond acceptors (Lipinski definition) is 3. The molecule has 2 unspecified atom stereocenters. The van der Waals surface area contributed by atoms with E-state index < -0.39 is 0 Å². The molecule has 1 aromatic heterocycles. The second-order valence-corrected chi connectivity index (χ2v) is 5.48. The molecule has 1 aliphatic rings. The Morgan fingerprint density at radius 2 is 2.37 bits per heavy atom. The van der Waals surface area contributed by atoms with E-state index in [1.54, 1.807) is 6.07 Å². The smallest absolute Gasteiger partial charge is 0.141 e. The molecule has 0 radical (unpaired) electrons. The van der Waals surface area contributed by atoms with Gasteiger partial charge in [0, 0.05) is 6.54 Å². The predicted octanol–water partition coefficient (Wildman–Crippen LogP) is 2.60. The van der Waals surface area contributed by atoms with Crippen LogP contribution in [0.1, 0.15) is 37.9 Å². The number of nitrogens with zero attached hydrogens (tertiary/aromatic N) is 2. The van der Waals surface area contributed by atoms with Crippen LogP contribution in [0.4, 0.5) is 4.39 Å². The van der Waals surface area contributed by atoms with Crippen molar-refractivity contribution in [2.75, 3.05) is 26.7 Å². The third-order valence-corrected chi connectivity index (χ3v) is 3.96. The minimum Gasteiger partial charge on any atom is -0.316 e. The van der Waals surface area contributed by atoms with Gasteiger partial charge in [-0.2, -0.15) is 0 Å². The molecular weight excluding hydrogens is 241 g/mol. The minimum atomic E-state index is -0.266. The summed E-state index contributed by atoms with van der Waals surface area (Å²) in [5.41, 5.74) is 0.968. The molecule has 0 aromatic carbocycles. The van der Waals surface area contributed by atoms with Gasteiger partial charge in [0.2, 0.25) is 0 Å². The summed E-state index contributed by atoms with van der Waals surface area (Å²) >= 11 is 0. The first kappa shape index (κ1) is 14.4. The molecule has 19 heavy (non-hydrogen) atoms. The molecule has 2 atom stereocenters. The van der Waals surface area contributed by atoms with E-state index in [1.165, 1.54) is 25.1 Å². The second kappa shape index (κ2) is 6.96. The van der Waals surface area contributed by atoms with Crippen molar-refractivity contribution in [1.82, 2.24) is 15.2 Å². The van der Waals surface area contributed by atoms with Gasteiger partial charge in [0.25, 0.3) is 0 Å². The first-order valence-electron chi connectivity index (χ1n) is 7.23. The van der Waals surface area contributed by atoms with Gasteiger partial charge in [-0.1, -0.05) is 6.92 Å². The highest BCUT2D eigenvalue weighted by Crippen LogP contribution is 2.23. The average Bonchev–Trinajstić information content (AvgIpc) is 2.43. The maximum atomic E-state index is 12.9. The van der Waals surface area contributed by atoms with Gasteiger partial charge in [0.05, 0.1) is 17.9 Å². The van der Waals surface area contributed by atoms with Crippen LogP contribution in [0.2, 0.25) is 0 Å². The van der Waals surface area contributed by atoms with Gasteiger partial charge in [-0.3, -0.25) is 9.88 Å². The lowest BCUT2D eigenvalue weighted by Gasteiger charge is -2.32. The molecule has 0 aliphatic carbocycles.